The molecule has 1 amide bonds. The van der Waals surface area contributed by atoms with Crippen LogP contribution in [0.1, 0.15) is 131 Å². The Morgan fingerprint density at radius 1 is 0.386 bits per heavy atom. The molecule has 16 rings (SSSR count). The molecular formula is C110H106N24O11. The number of aliphatic hydroxyl groups is 3. The number of benzene rings is 6. The summed E-state index contributed by atoms with van der Waals surface area (Å²) >= 11 is 0. The van der Waals surface area contributed by atoms with E-state index >= 15 is 0 Å². The molecule has 8 aromatic heterocycles. The summed E-state index contributed by atoms with van der Waals surface area (Å²) in [5, 5.41) is 33.0. The normalized spacial score (nSPS) is 12.3. The number of carbonyl (C=O) groups excluding carboxylic acids is 5. The number of hydrogen-bond acceptors (Lipinski definition) is 26. The van der Waals surface area contributed by atoms with Gasteiger partial charge in [-0.25, -0.2) is 74.1 Å². The lowest BCUT2D eigenvalue weighted by Gasteiger charge is -2.19. The average molecular weight is 1940 g/mol. The number of nitrogens with two attached hydrogens (primary N) is 5. The average Bonchev–Trinajstić information content (AvgIpc) is 1.60. The highest BCUT2D eigenvalue weighted by Gasteiger charge is 2.33. The molecule has 145 heavy (non-hydrogen) atoms. The number of nitrogens with zero attached hydrogens (tertiary/aromatic N) is 18. The lowest BCUT2D eigenvalue weighted by Crippen LogP contribution is -2.24. The lowest BCUT2D eigenvalue weighted by atomic mass is 9.97. The van der Waals surface area contributed by atoms with Crippen molar-refractivity contribution in [2.24, 2.45) is 0 Å². The van der Waals surface area contributed by atoms with Gasteiger partial charge in [-0.3, -0.25) is 19.2 Å². The second kappa shape index (κ2) is 48.3. The van der Waals surface area contributed by atoms with Gasteiger partial charge in [-0.05, 0) is 168 Å². The van der Waals surface area contributed by atoms with Crippen molar-refractivity contribution in [2.45, 2.75) is 126 Å². The summed E-state index contributed by atoms with van der Waals surface area (Å²) in [5.41, 5.74) is 53.0. The van der Waals surface area contributed by atoms with E-state index in [1.54, 1.807) is 39.0 Å². The van der Waals surface area contributed by atoms with Crippen LogP contribution in [-0.4, -0.2) is 148 Å². The first kappa shape index (κ1) is 105. The highest BCUT2D eigenvalue weighted by Crippen LogP contribution is 2.46. The second-order valence-electron chi connectivity index (χ2n) is 34.4. The van der Waals surface area contributed by atoms with Crippen LogP contribution in [0.25, 0.3) is 120 Å². The number of aromatic nitrogens is 13. The van der Waals surface area contributed by atoms with Crippen molar-refractivity contribution in [1.29, 1.82) is 0 Å². The molecule has 6 aromatic carbocycles. The molecule has 0 saturated heterocycles. The smallest absolute Gasteiger partial charge is 0.336 e. The van der Waals surface area contributed by atoms with Crippen LogP contribution in [0.2, 0.25) is 0 Å². The molecule has 14 aromatic rings. The van der Waals surface area contributed by atoms with Crippen molar-refractivity contribution in [1.82, 2.24) is 68.9 Å². The van der Waals surface area contributed by atoms with Gasteiger partial charge in [0, 0.05) is 104 Å². The summed E-state index contributed by atoms with van der Waals surface area (Å²) < 4.78 is 20.4. The van der Waals surface area contributed by atoms with Crippen LogP contribution in [0, 0.1) is 67.5 Å². The number of aliphatic hydroxyl groups excluding tert-OH is 3. The molecule has 8 heterocycles. The highest BCUT2D eigenvalue weighted by molar-refractivity contribution is 6.11. The van der Waals surface area contributed by atoms with E-state index in [-0.39, 0.29) is 54.1 Å². The zero-order valence-corrected chi connectivity index (χ0v) is 81.7. The third-order valence-corrected chi connectivity index (χ3v) is 23.1. The van der Waals surface area contributed by atoms with Gasteiger partial charge in [0.1, 0.15) is 83.3 Å². The Balaban J connectivity index is 0.000000162. The summed E-state index contributed by atoms with van der Waals surface area (Å²) in [5.74, 6) is -1.14. The van der Waals surface area contributed by atoms with Crippen LogP contribution >= 0.6 is 0 Å². The van der Waals surface area contributed by atoms with Gasteiger partial charge >= 0.3 is 17.9 Å². The highest BCUT2D eigenvalue weighted by atomic mass is 16.6. The molecule has 0 fully saturated rings. The number of aryl methyl sites for hydroxylation is 8. The number of nitrogens with one attached hydrogen (secondary N) is 1. The van der Waals surface area contributed by atoms with E-state index in [4.69, 9.17) is 71.0 Å². The van der Waals surface area contributed by atoms with Gasteiger partial charge < -0.3 is 82.0 Å². The molecule has 0 aliphatic heterocycles. The first-order valence-electron chi connectivity index (χ1n) is 45.7. The number of rotatable bonds is 26. The van der Waals surface area contributed by atoms with Gasteiger partial charge in [0.2, 0.25) is 5.70 Å². The van der Waals surface area contributed by atoms with E-state index in [0.717, 1.165) is 123 Å². The van der Waals surface area contributed by atoms with E-state index < -0.39 is 29.4 Å². The van der Waals surface area contributed by atoms with Crippen molar-refractivity contribution in [2.75, 3.05) is 62.7 Å². The molecule has 0 radical (unpaired) electrons. The number of anilines is 5. The van der Waals surface area contributed by atoms with Crippen LogP contribution in [0.5, 0.6) is 0 Å². The maximum atomic E-state index is 13.0. The molecule has 2 aliphatic rings. The first-order valence-corrected chi connectivity index (χ1v) is 45.7. The number of fused-ring (bicyclic) bond motifs is 5. The number of hydrogen-bond donors (Lipinski definition) is 9. The van der Waals surface area contributed by atoms with E-state index in [1.165, 1.54) is 64.9 Å². The van der Waals surface area contributed by atoms with Crippen LogP contribution in [0.3, 0.4) is 0 Å². The Morgan fingerprint density at radius 3 is 0.993 bits per heavy atom. The number of Topliss-reactive ketones (excluding diaryl/α,β-unsaturated/α-hetero) is 1. The Bertz CT molecular complexity index is 7740. The van der Waals surface area contributed by atoms with E-state index in [1.807, 2.05) is 200 Å². The number of methoxy groups -OCH3 is 2. The fourth-order valence-electron chi connectivity index (χ4n) is 16.3. The van der Waals surface area contributed by atoms with Gasteiger partial charge in [-0.2, -0.15) is 0 Å². The Morgan fingerprint density at radius 2 is 0.683 bits per heavy atom. The number of nitrogen functional groups attached to an aromatic ring is 5. The molecular weight excluding hydrogens is 1830 g/mol. The first-order chi connectivity index (χ1) is 69.7. The van der Waals surface area contributed by atoms with Crippen molar-refractivity contribution in [3.8, 4) is 33.4 Å². The van der Waals surface area contributed by atoms with Crippen LogP contribution in [0.15, 0.2) is 235 Å². The van der Waals surface area contributed by atoms with Crippen molar-refractivity contribution >= 4 is 121 Å². The SMILES string of the molecule is [C-]#[N+]/C(=C\C1=C(c2ccc(C)cc2)c2c(N)ncnc2C1)C(=O)OC.[C-]#[N+]/C(=C\C1=C(c2ccc(C)cc2)c2c(N)ncnc2C1)C(C)=O.[C-]#[N+]/C(=C\c1c(-c2ccc(C)cc2)c2c(N)ncnc2n1CCCO)C(=O)NCc1ccccc1.[C-]#[N+]/C(=C\c1c(-c2ccc(C)cc2)c2c(N)ncnc2n1CCCO)C(=O)OC.[C-]#[N+]/C(=C\c1c(-c2ccc(C)cc2)c2c(N)ncnc2n1CCCO)C(=O)OC(C)(C)C. The molecule has 35 nitrogen and oxygen atoms in total. The van der Waals surface area contributed by atoms with E-state index in [2.05, 4.69) is 84.1 Å². The quantitative estimate of drug-likeness (QED) is 0.0105. The number of allylic oxidation sites excluding steroid dienone is 5. The summed E-state index contributed by atoms with van der Waals surface area (Å²) in [6.07, 6.45) is 17.1. The van der Waals surface area contributed by atoms with Crippen molar-refractivity contribution in [3.05, 3.63) is 376 Å². The maximum Gasteiger partial charge on any atom is 0.336 e. The molecule has 0 unspecified atom stereocenters. The zero-order chi connectivity index (χ0) is 104. The summed E-state index contributed by atoms with van der Waals surface area (Å²) in [4.78, 5) is 121. The van der Waals surface area contributed by atoms with Crippen molar-refractivity contribution in [3.63, 3.8) is 0 Å². The lowest BCUT2D eigenvalue weighted by molar-refractivity contribution is -0.149. The van der Waals surface area contributed by atoms with Crippen molar-refractivity contribution < 1.29 is 53.5 Å². The van der Waals surface area contributed by atoms with Gasteiger partial charge in [0.15, 0.2) is 5.78 Å². The molecule has 0 spiro atoms. The topological polar surface area (TPSA) is 481 Å². The monoisotopic (exact) mass is 1940 g/mol. The number of esters is 3. The molecule has 732 valence electrons. The predicted molar refractivity (Wildman–Crippen MR) is 558 cm³/mol. The number of ether oxygens (including phenoxy) is 3. The number of amides is 1. The Hall–Kier alpha value is -18.6. The van der Waals surface area contributed by atoms with E-state index in [9.17, 15) is 39.3 Å². The summed E-state index contributed by atoms with van der Waals surface area (Å²) in [6.45, 7) is 55.3. The number of ketones is 1. The summed E-state index contributed by atoms with van der Waals surface area (Å²) in [7, 11) is 2.48. The minimum absolute atomic E-state index is 0.0174. The second-order valence-corrected chi connectivity index (χ2v) is 34.4. The molecule has 0 atom stereocenters. The molecule has 35 heteroatoms. The minimum atomic E-state index is -0.736. The van der Waals surface area contributed by atoms with Crippen LogP contribution in [-0.2, 0) is 77.2 Å². The van der Waals surface area contributed by atoms with Crippen LogP contribution in [0.4, 0.5) is 29.1 Å². The molecule has 14 N–H and O–H groups in total. The van der Waals surface area contributed by atoms with Gasteiger partial charge in [-0.15, -0.1) is 0 Å². The summed E-state index contributed by atoms with van der Waals surface area (Å²) in [6, 6.07) is 49.1. The molecule has 0 saturated carbocycles. The molecule has 2 aliphatic carbocycles. The fraction of sp³-hybridized carbons (Fsp3) is 0.218. The Labute approximate surface area is 837 Å². The van der Waals surface area contributed by atoms with Gasteiger partial charge in [0.25, 0.3) is 28.7 Å². The Kier molecular flexibility index (Phi) is 35.1. The van der Waals surface area contributed by atoms with Gasteiger partial charge in [-0.1, -0.05) is 179 Å². The van der Waals surface area contributed by atoms with Crippen LogP contribution < -0.4 is 34.0 Å². The third-order valence-electron chi connectivity index (χ3n) is 23.1. The van der Waals surface area contributed by atoms with E-state index in [0.29, 0.717) is 138 Å². The standard InChI is InChI=1S/C27H26N6O2.C24H27N5O3.C21H21N5O3.C19H16N4O2.C19H16N4O/c1-18-9-11-20(12-10-18)23-22(33(13-6-14-34)26-24(23)25(28)31-17-32-26)15-21(29-2)27(35)30-16-19-7-4-3-5-8-19;1-15-7-9-16(10-8-15)19-18(13-17(26-5)23(31)32-24(2,3)4)29(11-6-12-30)22-20(19)21(25)27-14-28-22;1-13-5-7-14(8-6-13)17-16(11-15(23-2)21(28)29-3)26(9-4-10-27)20-18(17)19(22)24-12-25-20;1-11-4-6-12(7-5-11)16-13(9-15(21-2)19(24)25-3)8-14-17(16)18(20)23-10-22-14;1-11-4-6-13(7-5-11)17-14(8-15(21-3)12(2)24)9-16-18(17)19(20)23-10-22-16/h3-5,7-12,15,17,34H,6,13-14,16H2,1H3,(H,30,35)(H2,28,31,32);7-10,13-14,30H,6,11-12H2,1-4H3,(H2,25,27,28);5-8,11-12,27H,4,9-10H2,1,3H3,(H2,22,24,25);4-7,9-10H,8H2,1,3H3,(H2,20,22,23);4-8,10H,9H2,1-2H3,(H2,20,22,23)/b21-15-;17-13-;15-11-;15-9-;15-8-. The molecule has 0 bridgehead atoms. The number of carbonyl (C=O) groups is 5. The third kappa shape index (κ3) is 24.8. The fourth-order valence-corrected chi connectivity index (χ4v) is 16.3. The largest absolute Gasteiger partial charge is 0.474 e. The zero-order valence-electron chi connectivity index (χ0n) is 81.7. The van der Waals surface area contributed by atoms with Gasteiger partial charge in [0.05, 0.1) is 74.6 Å². The maximum absolute atomic E-state index is 13.0. The predicted octanol–water partition coefficient (Wildman–Crippen LogP) is 16.5. The minimum Gasteiger partial charge on any atom is -0.474 e.